The number of nitrogens with zero attached hydrogens (tertiary/aromatic N) is 1. The molecule has 1 aliphatic heterocycles. The first-order valence-corrected chi connectivity index (χ1v) is 10.1. The smallest absolute Gasteiger partial charge is 0.161 e. The number of hydrogen-bond donors (Lipinski definition) is 1. The molecule has 1 fully saturated rings. The molecule has 0 aliphatic carbocycles. The Bertz CT molecular complexity index is 643. The van der Waals surface area contributed by atoms with Crippen LogP contribution < -0.4 is 14.8 Å². The molecule has 0 bridgehead atoms. The van der Waals surface area contributed by atoms with Crippen molar-refractivity contribution in [2.75, 3.05) is 46.5 Å². The van der Waals surface area contributed by atoms with Gasteiger partial charge in [-0.3, -0.25) is 4.90 Å². The second-order valence-electron chi connectivity index (χ2n) is 6.34. The second-order valence-corrected chi connectivity index (χ2v) is 7.37. The molecule has 0 saturated carbocycles. The van der Waals surface area contributed by atoms with E-state index in [4.69, 9.17) is 14.2 Å². The maximum atomic E-state index is 5.89. The van der Waals surface area contributed by atoms with Crippen molar-refractivity contribution in [1.29, 1.82) is 0 Å². The van der Waals surface area contributed by atoms with Gasteiger partial charge in [-0.1, -0.05) is 12.1 Å². The van der Waals surface area contributed by atoms with Crippen molar-refractivity contribution in [3.63, 3.8) is 0 Å². The van der Waals surface area contributed by atoms with Gasteiger partial charge in [-0.15, -0.1) is 11.3 Å². The number of ether oxygens (including phenoxy) is 3. The first kappa shape index (κ1) is 19.2. The molecule has 26 heavy (non-hydrogen) atoms. The zero-order valence-corrected chi connectivity index (χ0v) is 16.2. The van der Waals surface area contributed by atoms with Crippen molar-refractivity contribution in [3.8, 4) is 11.5 Å². The standard InChI is InChI=1S/C20H28N2O3S/c1-23-20-14-17(5-6-19(20)25-16-18-4-2-13-26-18)15-21-7-3-8-22-9-11-24-12-10-22/h2,4-6,13-14,21H,3,7-12,15-16H2,1H3. The summed E-state index contributed by atoms with van der Waals surface area (Å²) in [5.74, 6) is 1.58. The highest BCUT2D eigenvalue weighted by atomic mass is 32.1. The van der Waals surface area contributed by atoms with Gasteiger partial charge in [-0.25, -0.2) is 0 Å². The third kappa shape index (κ3) is 5.99. The molecule has 6 heteroatoms. The summed E-state index contributed by atoms with van der Waals surface area (Å²) in [4.78, 5) is 3.67. The second kappa shape index (κ2) is 10.5. The van der Waals surface area contributed by atoms with Crippen LogP contribution >= 0.6 is 11.3 Å². The van der Waals surface area contributed by atoms with Gasteiger partial charge in [-0.05, 0) is 48.7 Å². The van der Waals surface area contributed by atoms with E-state index in [1.807, 2.05) is 12.1 Å². The molecule has 0 spiro atoms. The molecule has 1 saturated heterocycles. The Morgan fingerprint density at radius 2 is 2.08 bits per heavy atom. The molecule has 5 nitrogen and oxygen atoms in total. The van der Waals surface area contributed by atoms with Crippen LogP contribution in [0.15, 0.2) is 35.7 Å². The molecule has 0 radical (unpaired) electrons. The number of rotatable bonds is 10. The topological polar surface area (TPSA) is 43.0 Å². The Labute approximate surface area is 159 Å². The van der Waals surface area contributed by atoms with Crippen LogP contribution in [0.5, 0.6) is 11.5 Å². The summed E-state index contributed by atoms with van der Waals surface area (Å²) in [6, 6.07) is 10.3. The van der Waals surface area contributed by atoms with Gasteiger partial charge in [0.05, 0.1) is 20.3 Å². The van der Waals surface area contributed by atoms with E-state index in [1.54, 1.807) is 18.4 Å². The predicted octanol–water partition coefficient (Wildman–Crippen LogP) is 3.15. The van der Waals surface area contributed by atoms with Crippen LogP contribution in [0, 0.1) is 0 Å². The van der Waals surface area contributed by atoms with Gasteiger partial charge in [0.25, 0.3) is 0 Å². The van der Waals surface area contributed by atoms with E-state index in [2.05, 4.69) is 33.8 Å². The van der Waals surface area contributed by atoms with Gasteiger partial charge in [0, 0.05) is 24.5 Å². The van der Waals surface area contributed by atoms with Crippen molar-refractivity contribution < 1.29 is 14.2 Å². The third-order valence-corrected chi connectivity index (χ3v) is 5.29. The Hall–Kier alpha value is -1.60. The summed E-state index contributed by atoms with van der Waals surface area (Å²) in [6.07, 6.45) is 1.15. The number of nitrogens with one attached hydrogen (secondary N) is 1. The van der Waals surface area contributed by atoms with Crippen LogP contribution in [-0.4, -0.2) is 51.4 Å². The first-order chi connectivity index (χ1) is 12.8. The molecule has 1 aromatic heterocycles. The van der Waals surface area contributed by atoms with Gasteiger partial charge in [0.2, 0.25) is 0 Å². The van der Waals surface area contributed by atoms with E-state index < -0.39 is 0 Å². The van der Waals surface area contributed by atoms with Gasteiger partial charge in [0.1, 0.15) is 6.61 Å². The predicted molar refractivity (Wildman–Crippen MR) is 105 cm³/mol. The molecule has 0 amide bonds. The Kier molecular flexibility index (Phi) is 7.76. The lowest BCUT2D eigenvalue weighted by molar-refractivity contribution is 0.0374. The van der Waals surface area contributed by atoms with E-state index in [9.17, 15) is 0 Å². The molecular formula is C20H28N2O3S. The Morgan fingerprint density at radius 3 is 2.85 bits per heavy atom. The van der Waals surface area contributed by atoms with Crippen LogP contribution in [0.1, 0.15) is 16.9 Å². The van der Waals surface area contributed by atoms with E-state index in [0.29, 0.717) is 6.61 Å². The number of hydrogen-bond acceptors (Lipinski definition) is 6. The lowest BCUT2D eigenvalue weighted by Gasteiger charge is -2.26. The summed E-state index contributed by atoms with van der Waals surface area (Å²) < 4.78 is 16.8. The fourth-order valence-electron chi connectivity index (χ4n) is 2.97. The minimum atomic E-state index is 0.577. The number of methoxy groups -OCH3 is 1. The Morgan fingerprint density at radius 1 is 1.19 bits per heavy atom. The van der Waals surface area contributed by atoms with E-state index in [-0.39, 0.29) is 0 Å². The number of benzene rings is 1. The molecule has 0 unspecified atom stereocenters. The average Bonchev–Trinajstić information content (AvgIpc) is 3.21. The fraction of sp³-hybridized carbons (Fsp3) is 0.500. The average molecular weight is 377 g/mol. The van der Waals surface area contributed by atoms with Gasteiger partial charge >= 0.3 is 0 Å². The summed E-state index contributed by atoms with van der Waals surface area (Å²) in [5, 5.41) is 5.57. The lowest BCUT2D eigenvalue weighted by Crippen LogP contribution is -2.37. The highest BCUT2D eigenvalue weighted by molar-refractivity contribution is 7.09. The fourth-order valence-corrected chi connectivity index (χ4v) is 3.59. The summed E-state index contributed by atoms with van der Waals surface area (Å²) in [7, 11) is 1.69. The summed E-state index contributed by atoms with van der Waals surface area (Å²) in [6.45, 7) is 7.42. The highest BCUT2D eigenvalue weighted by Gasteiger charge is 2.09. The van der Waals surface area contributed by atoms with Crippen LogP contribution in [0.4, 0.5) is 0 Å². The van der Waals surface area contributed by atoms with Crippen molar-refractivity contribution in [2.24, 2.45) is 0 Å². The van der Waals surface area contributed by atoms with Crippen molar-refractivity contribution >= 4 is 11.3 Å². The number of morpholine rings is 1. The maximum absolute atomic E-state index is 5.89. The van der Waals surface area contributed by atoms with E-state index in [1.165, 1.54) is 10.4 Å². The highest BCUT2D eigenvalue weighted by Crippen LogP contribution is 2.29. The Balaban J connectivity index is 1.40. The first-order valence-electron chi connectivity index (χ1n) is 9.18. The molecule has 0 atom stereocenters. The van der Waals surface area contributed by atoms with Gasteiger partial charge in [-0.2, -0.15) is 0 Å². The quantitative estimate of drug-likeness (QED) is 0.645. The zero-order chi connectivity index (χ0) is 18.0. The van der Waals surface area contributed by atoms with Crippen molar-refractivity contribution in [1.82, 2.24) is 10.2 Å². The van der Waals surface area contributed by atoms with E-state index >= 15 is 0 Å². The molecule has 2 aromatic rings. The van der Waals surface area contributed by atoms with Gasteiger partial charge < -0.3 is 19.5 Å². The summed E-state index contributed by atoms with van der Waals surface area (Å²) in [5.41, 5.74) is 1.21. The normalized spacial score (nSPS) is 15.1. The molecule has 1 aromatic carbocycles. The molecule has 1 aliphatic rings. The molecule has 3 rings (SSSR count). The molecule has 1 N–H and O–H groups in total. The minimum Gasteiger partial charge on any atom is -0.493 e. The number of thiophene rings is 1. The van der Waals surface area contributed by atoms with Crippen molar-refractivity contribution in [3.05, 3.63) is 46.2 Å². The minimum absolute atomic E-state index is 0.577. The monoisotopic (exact) mass is 376 g/mol. The van der Waals surface area contributed by atoms with Crippen molar-refractivity contribution in [2.45, 2.75) is 19.6 Å². The van der Waals surface area contributed by atoms with Crippen LogP contribution in [-0.2, 0) is 17.9 Å². The lowest BCUT2D eigenvalue weighted by atomic mass is 10.2. The molecule has 142 valence electrons. The van der Waals surface area contributed by atoms with Crippen LogP contribution in [0.3, 0.4) is 0 Å². The molecule has 2 heterocycles. The zero-order valence-electron chi connectivity index (χ0n) is 15.4. The SMILES string of the molecule is COc1cc(CNCCCN2CCOCC2)ccc1OCc1cccs1. The van der Waals surface area contributed by atoms with Gasteiger partial charge in [0.15, 0.2) is 11.5 Å². The molecular weight excluding hydrogens is 348 g/mol. The third-order valence-electron chi connectivity index (χ3n) is 4.44. The summed E-state index contributed by atoms with van der Waals surface area (Å²) >= 11 is 1.70. The van der Waals surface area contributed by atoms with Crippen LogP contribution in [0.2, 0.25) is 0 Å². The van der Waals surface area contributed by atoms with E-state index in [0.717, 1.165) is 63.9 Å². The van der Waals surface area contributed by atoms with Crippen LogP contribution in [0.25, 0.3) is 0 Å². The largest absolute Gasteiger partial charge is 0.493 e. The maximum Gasteiger partial charge on any atom is 0.161 e.